The van der Waals surface area contributed by atoms with Crippen LogP contribution in [0.3, 0.4) is 0 Å². The molecule has 5 nitrogen and oxygen atoms in total. The summed E-state index contributed by atoms with van der Waals surface area (Å²) in [4.78, 5) is 21.1. The molecule has 3 aromatic heterocycles. The molecular formula is C64H45N5. The fourth-order valence-corrected chi connectivity index (χ4v) is 9.63. The van der Waals surface area contributed by atoms with E-state index in [1.165, 1.54) is 44.2 Å². The smallest absolute Gasteiger partial charge is 0.160 e. The van der Waals surface area contributed by atoms with E-state index in [2.05, 4.69) is 206 Å². The van der Waals surface area contributed by atoms with Gasteiger partial charge in [-0.2, -0.15) is 0 Å². The normalized spacial score (nSPS) is 11.3. The van der Waals surface area contributed by atoms with Crippen LogP contribution in [0.5, 0.6) is 0 Å². The first kappa shape index (κ1) is 41.4. The molecule has 5 heteroatoms. The predicted molar refractivity (Wildman–Crippen MR) is 285 cm³/mol. The molecule has 0 saturated carbocycles. The average molecular weight is 884 g/mol. The Bertz CT molecular complexity index is 3620. The number of hydrogen-bond acceptors (Lipinski definition) is 4. The molecule has 0 aliphatic carbocycles. The lowest BCUT2D eigenvalue weighted by atomic mass is 9.97. The van der Waals surface area contributed by atoms with E-state index in [9.17, 15) is 0 Å². The lowest BCUT2D eigenvalue weighted by Gasteiger charge is -2.17. The van der Waals surface area contributed by atoms with Gasteiger partial charge < -0.3 is 4.57 Å². The minimum Gasteiger partial charge on any atom is -0.309 e. The highest BCUT2D eigenvalue weighted by Gasteiger charge is 2.22. The topological polar surface area (TPSA) is 56.5 Å². The van der Waals surface area contributed by atoms with Crippen LogP contribution in [-0.2, 0) is 0 Å². The van der Waals surface area contributed by atoms with E-state index in [-0.39, 0.29) is 0 Å². The van der Waals surface area contributed by atoms with Crippen molar-refractivity contribution in [2.45, 2.75) is 13.8 Å². The van der Waals surface area contributed by atoms with Crippen LogP contribution in [0, 0.1) is 13.8 Å². The van der Waals surface area contributed by atoms with Gasteiger partial charge in [0.1, 0.15) is 0 Å². The molecular weight excluding hydrogens is 839 g/mol. The molecule has 0 aliphatic rings. The Labute approximate surface area is 401 Å². The molecule has 0 atom stereocenters. The second-order valence-electron chi connectivity index (χ2n) is 17.5. The van der Waals surface area contributed by atoms with E-state index >= 15 is 0 Å². The molecule has 12 rings (SSSR count). The summed E-state index contributed by atoms with van der Waals surface area (Å²) in [6.07, 6.45) is 0. The second-order valence-corrected chi connectivity index (χ2v) is 17.5. The third-order valence-electron chi connectivity index (χ3n) is 13.1. The molecule has 326 valence electrons. The van der Waals surface area contributed by atoms with Crippen LogP contribution in [0.15, 0.2) is 237 Å². The zero-order valence-electron chi connectivity index (χ0n) is 38.3. The summed E-state index contributed by atoms with van der Waals surface area (Å²) in [5.74, 6) is 1.31. The Morgan fingerprint density at radius 3 is 1.12 bits per heavy atom. The van der Waals surface area contributed by atoms with Gasteiger partial charge in [-0.25, -0.2) is 19.9 Å². The molecule has 0 saturated heterocycles. The molecule has 0 aliphatic heterocycles. The zero-order chi connectivity index (χ0) is 46.3. The first-order valence-corrected chi connectivity index (χ1v) is 23.4. The largest absolute Gasteiger partial charge is 0.309 e. The van der Waals surface area contributed by atoms with Crippen molar-refractivity contribution >= 4 is 21.8 Å². The Balaban J connectivity index is 1.16. The Hall–Kier alpha value is -9.06. The van der Waals surface area contributed by atoms with Gasteiger partial charge in [0.15, 0.2) is 11.6 Å². The van der Waals surface area contributed by atoms with E-state index in [1.54, 1.807) is 0 Å². The highest BCUT2D eigenvalue weighted by Crippen LogP contribution is 2.42. The maximum atomic E-state index is 5.46. The number of aromatic nitrogens is 5. The van der Waals surface area contributed by atoms with E-state index < -0.39 is 0 Å². The van der Waals surface area contributed by atoms with Gasteiger partial charge >= 0.3 is 0 Å². The van der Waals surface area contributed by atoms with Crippen LogP contribution in [0.2, 0.25) is 0 Å². The molecule has 0 fully saturated rings. The van der Waals surface area contributed by atoms with Crippen LogP contribution >= 0.6 is 0 Å². The SMILES string of the molecule is Cc1ccccc1-c1ccc2c(c1)c1cc(-c3ccccc3C)ccc1n2-c1ccc(-c2cc(-c3ccccc3)nc(-c3ccccc3)n2)cc1-c1cc(-c2ccccc2)nc(-c2ccccc2)n1. The van der Waals surface area contributed by atoms with Crippen molar-refractivity contribution in [2.24, 2.45) is 0 Å². The molecule has 9 aromatic carbocycles. The van der Waals surface area contributed by atoms with Crippen LogP contribution in [0.4, 0.5) is 0 Å². The van der Waals surface area contributed by atoms with E-state index in [4.69, 9.17) is 19.9 Å². The van der Waals surface area contributed by atoms with Crippen molar-refractivity contribution in [3.63, 3.8) is 0 Å². The number of rotatable bonds is 9. The summed E-state index contributed by atoms with van der Waals surface area (Å²) in [5.41, 5.74) is 19.5. The average Bonchev–Trinajstić information content (AvgIpc) is 3.74. The number of fused-ring (bicyclic) bond motifs is 3. The molecule has 0 radical (unpaired) electrons. The maximum Gasteiger partial charge on any atom is 0.160 e. The lowest BCUT2D eigenvalue weighted by Crippen LogP contribution is -2.02. The predicted octanol–water partition coefficient (Wildman–Crippen LogP) is 16.3. The first-order valence-electron chi connectivity index (χ1n) is 23.4. The van der Waals surface area contributed by atoms with Gasteiger partial charge in [0.25, 0.3) is 0 Å². The van der Waals surface area contributed by atoms with Crippen molar-refractivity contribution in [3.05, 3.63) is 248 Å². The summed E-state index contributed by atoms with van der Waals surface area (Å²) in [7, 11) is 0. The summed E-state index contributed by atoms with van der Waals surface area (Å²) in [6, 6.07) is 83.2. The summed E-state index contributed by atoms with van der Waals surface area (Å²) < 4.78 is 2.42. The number of aryl methyl sites for hydroxylation is 2. The molecule has 0 N–H and O–H groups in total. The van der Waals surface area contributed by atoms with Gasteiger partial charge in [-0.3, -0.25) is 0 Å². The van der Waals surface area contributed by atoms with Crippen LogP contribution in [0.1, 0.15) is 11.1 Å². The van der Waals surface area contributed by atoms with E-state index in [1.807, 2.05) is 48.5 Å². The van der Waals surface area contributed by atoms with Crippen LogP contribution in [-0.4, -0.2) is 24.5 Å². The van der Waals surface area contributed by atoms with Crippen LogP contribution < -0.4 is 0 Å². The van der Waals surface area contributed by atoms with E-state index in [0.717, 1.165) is 72.9 Å². The van der Waals surface area contributed by atoms with Gasteiger partial charge in [-0.05, 0) is 95.8 Å². The number of benzene rings is 9. The number of nitrogens with zero attached hydrogens (tertiary/aromatic N) is 5. The minimum absolute atomic E-state index is 0.649. The Kier molecular flexibility index (Phi) is 10.6. The highest BCUT2D eigenvalue weighted by molar-refractivity contribution is 6.12. The molecule has 12 aromatic rings. The highest BCUT2D eigenvalue weighted by atomic mass is 15.0. The van der Waals surface area contributed by atoms with Gasteiger partial charge in [-0.15, -0.1) is 0 Å². The zero-order valence-corrected chi connectivity index (χ0v) is 38.3. The monoisotopic (exact) mass is 883 g/mol. The fourth-order valence-electron chi connectivity index (χ4n) is 9.63. The summed E-state index contributed by atoms with van der Waals surface area (Å²) in [5, 5.41) is 2.34. The van der Waals surface area contributed by atoms with E-state index in [0.29, 0.717) is 11.6 Å². The van der Waals surface area contributed by atoms with Crippen molar-refractivity contribution in [1.82, 2.24) is 24.5 Å². The first-order chi connectivity index (χ1) is 34.0. The maximum absolute atomic E-state index is 5.46. The fraction of sp³-hybridized carbons (Fsp3) is 0.0312. The molecule has 69 heavy (non-hydrogen) atoms. The van der Waals surface area contributed by atoms with Gasteiger partial charge in [-0.1, -0.05) is 188 Å². The van der Waals surface area contributed by atoms with Crippen molar-refractivity contribution in [2.75, 3.05) is 0 Å². The van der Waals surface area contributed by atoms with Gasteiger partial charge in [0.05, 0.1) is 39.5 Å². The Morgan fingerprint density at radius 2 is 0.652 bits per heavy atom. The van der Waals surface area contributed by atoms with Crippen molar-refractivity contribution < 1.29 is 0 Å². The third-order valence-corrected chi connectivity index (χ3v) is 13.1. The van der Waals surface area contributed by atoms with Gasteiger partial charge in [0, 0.05) is 44.2 Å². The molecule has 0 amide bonds. The van der Waals surface area contributed by atoms with Gasteiger partial charge in [0.2, 0.25) is 0 Å². The molecule has 0 unspecified atom stereocenters. The molecule has 0 bridgehead atoms. The minimum atomic E-state index is 0.649. The summed E-state index contributed by atoms with van der Waals surface area (Å²) in [6.45, 7) is 4.37. The van der Waals surface area contributed by atoms with Crippen molar-refractivity contribution in [1.29, 1.82) is 0 Å². The molecule has 0 spiro atoms. The van der Waals surface area contributed by atoms with Crippen LogP contribution in [0.25, 0.3) is 118 Å². The standard InChI is InChI=1S/C64H45N5/c1-42-19-15-17-29-51(42)48-31-34-60-53(37-48)54-38-49(52-30-18-16-20-43(52)2)32-35-61(54)69(60)62-36-33-50(58-40-56(44-21-7-3-8-22-44)65-63(67-58)46-25-11-5-12-26-46)39-55(62)59-41-57(45-23-9-4-10-24-45)66-64(68-59)47-27-13-6-14-28-47/h3-41H,1-2H3. The molecule has 3 heterocycles. The van der Waals surface area contributed by atoms with Crippen molar-refractivity contribution in [3.8, 4) is 95.7 Å². The lowest BCUT2D eigenvalue weighted by molar-refractivity contribution is 1.15. The Morgan fingerprint density at radius 1 is 0.275 bits per heavy atom. The number of hydrogen-bond donors (Lipinski definition) is 0. The summed E-state index contributed by atoms with van der Waals surface area (Å²) >= 11 is 0. The quantitative estimate of drug-likeness (QED) is 0.145. The second kappa shape index (κ2) is 17.6. The third kappa shape index (κ3) is 7.86.